The van der Waals surface area contributed by atoms with Gasteiger partial charge in [0, 0.05) is 26.2 Å². The van der Waals surface area contributed by atoms with Gasteiger partial charge in [0.15, 0.2) is 5.69 Å². The fraction of sp³-hybridized carbons (Fsp3) is 0.526. The Kier molecular flexibility index (Phi) is 6.32. The predicted molar refractivity (Wildman–Crippen MR) is 104 cm³/mol. The summed E-state index contributed by atoms with van der Waals surface area (Å²) in [5.74, 6) is -0.454. The number of hydrogen-bond acceptors (Lipinski definition) is 7. The van der Waals surface area contributed by atoms with Crippen molar-refractivity contribution in [2.75, 3.05) is 31.6 Å². The zero-order valence-corrected chi connectivity index (χ0v) is 16.7. The van der Waals surface area contributed by atoms with Crippen LogP contribution in [0.3, 0.4) is 0 Å². The van der Waals surface area contributed by atoms with Crippen LogP contribution in [0.15, 0.2) is 16.9 Å². The van der Waals surface area contributed by atoms with Gasteiger partial charge in [-0.3, -0.25) is 14.3 Å². The lowest BCUT2D eigenvalue weighted by Crippen LogP contribution is -2.44. The molecule has 0 amide bonds. The summed E-state index contributed by atoms with van der Waals surface area (Å²) in [6, 6.07) is 1.45. The molecule has 1 aromatic carbocycles. The van der Waals surface area contributed by atoms with Crippen LogP contribution in [0.5, 0.6) is 5.75 Å². The highest BCUT2D eigenvalue weighted by Crippen LogP contribution is 2.37. The van der Waals surface area contributed by atoms with E-state index in [1.807, 2.05) is 0 Å². The van der Waals surface area contributed by atoms with E-state index in [-0.39, 0.29) is 35.4 Å². The summed E-state index contributed by atoms with van der Waals surface area (Å²) in [4.78, 5) is 14.9. The van der Waals surface area contributed by atoms with Crippen LogP contribution in [-0.2, 0) is 13.2 Å². The second kappa shape index (κ2) is 8.60. The number of anilines is 1. The number of nitrogens with one attached hydrogen (secondary N) is 1. The Hall–Kier alpha value is -2.66. The summed E-state index contributed by atoms with van der Waals surface area (Å²) in [6.45, 7) is 3.56. The standard InChI is InChI=1S/C19H24F3N5O3/c1-11-8-12(19(20,21)22)9-14(29)15(11)16-17(30)26(2)18(25-24-16)23-13-4-3-5-27(10-13)6-7-28/h8-9,13,28-29H,3-7,10H2,1-2H3,(H,23,25)/t13-/m1/s1. The number of aromatic hydroxyl groups is 1. The molecule has 0 aliphatic carbocycles. The monoisotopic (exact) mass is 427 g/mol. The van der Waals surface area contributed by atoms with Gasteiger partial charge in [0.2, 0.25) is 5.95 Å². The van der Waals surface area contributed by atoms with E-state index in [9.17, 15) is 23.1 Å². The van der Waals surface area contributed by atoms with Gasteiger partial charge in [-0.15, -0.1) is 10.2 Å². The van der Waals surface area contributed by atoms with Crippen molar-refractivity contribution in [3.8, 4) is 17.0 Å². The molecular weight excluding hydrogens is 403 g/mol. The average Bonchev–Trinajstić information content (AvgIpc) is 2.66. The van der Waals surface area contributed by atoms with Gasteiger partial charge in [-0.05, 0) is 44.0 Å². The molecule has 1 aromatic heterocycles. The first kappa shape index (κ1) is 22.0. The number of phenols is 1. The number of halogens is 3. The number of benzene rings is 1. The molecule has 30 heavy (non-hydrogen) atoms. The Morgan fingerprint density at radius 2 is 2.03 bits per heavy atom. The van der Waals surface area contributed by atoms with Crippen molar-refractivity contribution < 1.29 is 23.4 Å². The van der Waals surface area contributed by atoms with Crippen molar-refractivity contribution in [1.29, 1.82) is 0 Å². The molecule has 1 saturated heterocycles. The molecule has 1 aliphatic heterocycles. The van der Waals surface area contributed by atoms with Gasteiger partial charge in [0.05, 0.1) is 17.7 Å². The number of aryl methyl sites for hydroxylation is 1. The predicted octanol–water partition coefficient (Wildman–Crippen LogP) is 1.74. The number of piperidine rings is 1. The van der Waals surface area contributed by atoms with E-state index in [1.165, 1.54) is 18.5 Å². The molecule has 8 nitrogen and oxygen atoms in total. The lowest BCUT2D eigenvalue weighted by Gasteiger charge is -2.33. The topological polar surface area (TPSA) is 104 Å². The number of nitrogens with zero attached hydrogens (tertiary/aromatic N) is 4. The molecule has 0 radical (unpaired) electrons. The number of aromatic nitrogens is 3. The van der Waals surface area contributed by atoms with Gasteiger partial charge in [-0.2, -0.15) is 13.2 Å². The van der Waals surface area contributed by atoms with Crippen LogP contribution in [0, 0.1) is 6.92 Å². The van der Waals surface area contributed by atoms with E-state index in [4.69, 9.17) is 5.11 Å². The van der Waals surface area contributed by atoms with Crippen LogP contribution in [0.4, 0.5) is 19.1 Å². The summed E-state index contributed by atoms with van der Waals surface area (Å²) < 4.78 is 40.1. The first-order valence-electron chi connectivity index (χ1n) is 9.56. The molecule has 0 unspecified atom stereocenters. The Morgan fingerprint density at radius 1 is 1.30 bits per heavy atom. The molecule has 1 atom stereocenters. The minimum absolute atomic E-state index is 0.0113. The molecule has 2 heterocycles. The summed E-state index contributed by atoms with van der Waals surface area (Å²) >= 11 is 0. The Labute approximate surface area is 171 Å². The van der Waals surface area contributed by atoms with Crippen LogP contribution in [0.1, 0.15) is 24.0 Å². The molecule has 0 spiro atoms. The summed E-state index contributed by atoms with van der Waals surface area (Å²) in [5.41, 5.74) is -1.82. The van der Waals surface area contributed by atoms with Crippen molar-refractivity contribution in [2.45, 2.75) is 32.0 Å². The number of alkyl halides is 3. The van der Waals surface area contributed by atoms with Crippen LogP contribution in [0.2, 0.25) is 0 Å². The highest BCUT2D eigenvalue weighted by Gasteiger charge is 2.32. The highest BCUT2D eigenvalue weighted by atomic mass is 19.4. The SMILES string of the molecule is Cc1cc(C(F)(F)F)cc(O)c1-c1nnc(N[C@@H]2CCCN(CCO)C2)n(C)c1=O. The Balaban J connectivity index is 1.90. The van der Waals surface area contributed by atoms with Crippen LogP contribution < -0.4 is 10.9 Å². The van der Waals surface area contributed by atoms with Crippen molar-refractivity contribution in [1.82, 2.24) is 19.7 Å². The van der Waals surface area contributed by atoms with Crippen LogP contribution in [0.25, 0.3) is 11.3 Å². The molecule has 2 aromatic rings. The summed E-state index contributed by atoms with van der Waals surface area (Å²) in [5, 5.41) is 30.4. The second-order valence-electron chi connectivity index (χ2n) is 7.43. The highest BCUT2D eigenvalue weighted by molar-refractivity contribution is 5.70. The maximum Gasteiger partial charge on any atom is 0.416 e. The minimum atomic E-state index is -4.62. The third-order valence-corrected chi connectivity index (χ3v) is 5.20. The molecule has 1 fully saturated rings. The van der Waals surface area contributed by atoms with Crippen molar-refractivity contribution in [2.24, 2.45) is 7.05 Å². The normalized spacial score (nSPS) is 17.9. The largest absolute Gasteiger partial charge is 0.507 e. The molecular formula is C19H24F3N5O3. The molecule has 1 aliphatic rings. The van der Waals surface area contributed by atoms with Gasteiger partial charge in [-0.1, -0.05) is 0 Å². The van der Waals surface area contributed by atoms with E-state index < -0.39 is 23.0 Å². The Bertz CT molecular complexity index is 952. The van der Waals surface area contributed by atoms with Crippen molar-refractivity contribution in [3.05, 3.63) is 33.6 Å². The number of aliphatic hydroxyl groups excluding tert-OH is 1. The van der Waals surface area contributed by atoms with Gasteiger partial charge in [0.1, 0.15) is 5.75 Å². The summed E-state index contributed by atoms with van der Waals surface area (Å²) in [6.07, 6.45) is -2.83. The molecule has 0 bridgehead atoms. The molecule has 3 N–H and O–H groups in total. The summed E-state index contributed by atoms with van der Waals surface area (Å²) in [7, 11) is 1.48. The van der Waals surface area contributed by atoms with Crippen LogP contribution >= 0.6 is 0 Å². The Morgan fingerprint density at radius 3 is 2.67 bits per heavy atom. The third kappa shape index (κ3) is 4.57. The fourth-order valence-corrected chi connectivity index (χ4v) is 3.69. The molecule has 0 saturated carbocycles. The first-order chi connectivity index (χ1) is 14.1. The number of aliphatic hydroxyl groups is 1. The number of rotatable bonds is 5. The van der Waals surface area contributed by atoms with E-state index in [2.05, 4.69) is 20.4 Å². The van der Waals surface area contributed by atoms with E-state index in [1.54, 1.807) is 0 Å². The maximum absolute atomic E-state index is 12.9. The van der Waals surface area contributed by atoms with Crippen molar-refractivity contribution >= 4 is 5.95 Å². The van der Waals surface area contributed by atoms with Gasteiger partial charge >= 0.3 is 6.18 Å². The molecule has 3 rings (SSSR count). The maximum atomic E-state index is 12.9. The second-order valence-corrected chi connectivity index (χ2v) is 7.43. The smallest absolute Gasteiger partial charge is 0.416 e. The zero-order valence-electron chi connectivity index (χ0n) is 16.7. The first-order valence-corrected chi connectivity index (χ1v) is 9.56. The average molecular weight is 427 g/mol. The van der Waals surface area contributed by atoms with Crippen molar-refractivity contribution in [3.63, 3.8) is 0 Å². The minimum Gasteiger partial charge on any atom is -0.507 e. The number of likely N-dealkylation sites (tertiary alicyclic amines) is 1. The number of phenolic OH excluding ortho intramolecular Hbond substituents is 1. The van der Waals surface area contributed by atoms with E-state index >= 15 is 0 Å². The van der Waals surface area contributed by atoms with Gasteiger partial charge < -0.3 is 15.5 Å². The third-order valence-electron chi connectivity index (χ3n) is 5.20. The van der Waals surface area contributed by atoms with E-state index in [0.29, 0.717) is 19.2 Å². The molecule has 11 heteroatoms. The van der Waals surface area contributed by atoms with Crippen LogP contribution in [-0.4, -0.2) is 62.2 Å². The number of β-amino-alcohol motifs (C(OH)–C–C–N with tert-alkyl or cyclic N) is 1. The molecule has 164 valence electrons. The lowest BCUT2D eigenvalue weighted by atomic mass is 10.0. The van der Waals surface area contributed by atoms with Gasteiger partial charge in [0.25, 0.3) is 5.56 Å². The van der Waals surface area contributed by atoms with E-state index in [0.717, 1.165) is 25.5 Å². The quantitative estimate of drug-likeness (QED) is 0.668. The fourth-order valence-electron chi connectivity index (χ4n) is 3.69. The lowest BCUT2D eigenvalue weighted by molar-refractivity contribution is -0.137. The number of hydrogen-bond donors (Lipinski definition) is 3. The van der Waals surface area contributed by atoms with Gasteiger partial charge in [-0.25, -0.2) is 0 Å². The zero-order chi connectivity index (χ0) is 22.1.